The van der Waals surface area contributed by atoms with Gasteiger partial charge in [0.05, 0.1) is 18.8 Å². The SMILES string of the molecule is COC1CNC(C(=O)N2CCN(CCO)CC2)C1. The Labute approximate surface area is 108 Å². The third-order valence-corrected chi connectivity index (χ3v) is 3.82. The number of β-amino-alcohol motifs (C(OH)–C–C–N with tert-alkyl or cyclic N) is 1. The Balaban J connectivity index is 1.77. The molecule has 18 heavy (non-hydrogen) atoms. The van der Waals surface area contributed by atoms with Crippen LogP contribution in [-0.2, 0) is 9.53 Å². The zero-order valence-electron chi connectivity index (χ0n) is 11.0. The molecule has 2 rings (SSSR count). The fourth-order valence-corrected chi connectivity index (χ4v) is 2.62. The van der Waals surface area contributed by atoms with E-state index in [1.54, 1.807) is 7.11 Å². The lowest BCUT2D eigenvalue weighted by atomic mass is 10.1. The lowest BCUT2D eigenvalue weighted by molar-refractivity contribution is -0.135. The Bertz CT molecular complexity index is 280. The van der Waals surface area contributed by atoms with Crippen molar-refractivity contribution >= 4 is 5.91 Å². The molecule has 2 fully saturated rings. The van der Waals surface area contributed by atoms with Crippen molar-refractivity contribution in [2.24, 2.45) is 0 Å². The molecular weight excluding hydrogens is 234 g/mol. The molecule has 0 bridgehead atoms. The number of hydrogen-bond donors (Lipinski definition) is 2. The van der Waals surface area contributed by atoms with Gasteiger partial charge in [-0.25, -0.2) is 0 Å². The third kappa shape index (κ3) is 3.20. The first-order chi connectivity index (χ1) is 8.74. The summed E-state index contributed by atoms with van der Waals surface area (Å²) in [6, 6.07) is -0.0839. The van der Waals surface area contributed by atoms with Crippen LogP contribution in [0.25, 0.3) is 0 Å². The maximum Gasteiger partial charge on any atom is 0.239 e. The number of aliphatic hydroxyl groups is 1. The zero-order chi connectivity index (χ0) is 13.0. The second-order valence-corrected chi connectivity index (χ2v) is 4.94. The summed E-state index contributed by atoms with van der Waals surface area (Å²) in [5, 5.41) is 12.1. The van der Waals surface area contributed by atoms with E-state index in [4.69, 9.17) is 9.84 Å². The normalized spacial score (nSPS) is 29.8. The smallest absolute Gasteiger partial charge is 0.239 e. The number of aliphatic hydroxyl groups excluding tert-OH is 1. The summed E-state index contributed by atoms with van der Waals surface area (Å²) in [5.41, 5.74) is 0. The summed E-state index contributed by atoms with van der Waals surface area (Å²) in [4.78, 5) is 16.4. The van der Waals surface area contributed by atoms with Gasteiger partial charge in [-0.15, -0.1) is 0 Å². The number of rotatable bonds is 4. The quantitative estimate of drug-likeness (QED) is 0.642. The number of methoxy groups -OCH3 is 1. The first kappa shape index (κ1) is 13.7. The summed E-state index contributed by atoms with van der Waals surface area (Å²) in [5.74, 6) is 0.193. The molecule has 0 spiro atoms. The topological polar surface area (TPSA) is 65.0 Å². The van der Waals surface area contributed by atoms with Gasteiger partial charge in [-0.05, 0) is 6.42 Å². The number of piperazine rings is 1. The van der Waals surface area contributed by atoms with Crippen molar-refractivity contribution in [1.29, 1.82) is 0 Å². The fraction of sp³-hybridized carbons (Fsp3) is 0.917. The second kappa shape index (κ2) is 6.47. The molecule has 2 N–H and O–H groups in total. The van der Waals surface area contributed by atoms with Crippen LogP contribution in [0.4, 0.5) is 0 Å². The summed E-state index contributed by atoms with van der Waals surface area (Å²) in [7, 11) is 1.69. The number of nitrogens with zero attached hydrogens (tertiary/aromatic N) is 2. The number of carbonyl (C=O) groups is 1. The predicted octanol–water partition coefficient (Wildman–Crippen LogP) is -1.50. The molecule has 6 heteroatoms. The molecule has 104 valence electrons. The second-order valence-electron chi connectivity index (χ2n) is 4.94. The number of carbonyl (C=O) groups excluding carboxylic acids is 1. The van der Waals surface area contributed by atoms with Crippen molar-refractivity contribution in [3.8, 4) is 0 Å². The summed E-state index contributed by atoms with van der Waals surface area (Å²) >= 11 is 0. The lowest BCUT2D eigenvalue weighted by Crippen LogP contribution is -2.53. The molecule has 2 atom stereocenters. The van der Waals surface area contributed by atoms with Gasteiger partial charge in [0.1, 0.15) is 0 Å². The lowest BCUT2D eigenvalue weighted by Gasteiger charge is -2.35. The minimum Gasteiger partial charge on any atom is -0.395 e. The van der Waals surface area contributed by atoms with Crippen molar-refractivity contribution < 1.29 is 14.6 Å². The van der Waals surface area contributed by atoms with Gasteiger partial charge >= 0.3 is 0 Å². The Morgan fingerprint density at radius 2 is 2.11 bits per heavy atom. The number of hydrogen-bond acceptors (Lipinski definition) is 5. The minimum absolute atomic E-state index is 0.0839. The van der Waals surface area contributed by atoms with Crippen LogP contribution in [0, 0.1) is 0 Å². The van der Waals surface area contributed by atoms with Gasteiger partial charge in [-0.3, -0.25) is 9.69 Å². The van der Waals surface area contributed by atoms with Crippen LogP contribution < -0.4 is 5.32 Å². The Morgan fingerprint density at radius 3 is 2.67 bits per heavy atom. The van der Waals surface area contributed by atoms with Gasteiger partial charge in [0, 0.05) is 46.4 Å². The van der Waals surface area contributed by atoms with Gasteiger partial charge in [-0.1, -0.05) is 0 Å². The molecule has 2 aliphatic rings. The molecule has 0 saturated carbocycles. The van der Waals surface area contributed by atoms with Crippen LogP contribution >= 0.6 is 0 Å². The largest absolute Gasteiger partial charge is 0.395 e. The maximum atomic E-state index is 12.3. The maximum absolute atomic E-state index is 12.3. The van der Waals surface area contributed by atoms with E-state index in [0.29, 0.717) is 6.54 Å². The van der Waals surface area contributed by atoms with E-state index >= 15 is 0 Å². The van der Waals surface area contributed by atoms with Gasteiger partial charge in [0.25, 0.3) is 0 Å². The monoisotopic (exact) mass is 257 g/mol. The molecule has 2 aliphatic heterocycles. The van der Waals surface area contributed by atoms with Crippen molar-refractivity contribution in [3.05, 3.63) is 0 Å². The highest BCUT2D eigenvalue weighted by molar-refractivity contribution is 5.82. The van der Waals surface area contributed by atoms with E-state index < -0.39 is 0 Å². The van der Waals surface area contributed by atoms with Crippen molar-refractivity contribution in [1.82, 2.24) is 15.1 Å². The van der Waals surface area contributed by atoms with Crippen molar-refractivity contribution in [3.63, 3.8) is 0 Å². The van der Waals surface area contributed by atoms with Crippen LogP contribution in [0.2, 0.25) is 0 Å². The van der Waals surface area contributed by atoms with Crippen LogP contribution in [0.3, 0.4) is 0 Å². The van der Waals surface area contributed by atoms with Crippen molar-refractivity contribution in [2.45, 2.75) is 18.6 Å². The zero-order valence-corrected chi connectivity index (χ0v) is 11.0. The van der Waals surface area contributed by atoms with E-state index in [-0.39, 0.29) is 24.7 Å². The molecule has 2 heterocycles. The van der Waals surface area contributed by atoms with E-state index in [9.17, 15) is 4.79 Å². The number of ether oxygens (including phenoxy) is 1. The molecule has 0 radical (unpaired) electrons. The first-order valence-electron chi connectivity index (χ1n) is 6.62. The van der Waals surface area contributed by atoms with E-state index in [2.05, 4.69) is 10.2 Å². The van der Waals surface area contributed by atoms with Gasteiger partial charge in [0.2, 0.25) is 5.91 Å². The highest BCUT2D eigenvalue weighted by Gasteiger charge is 2.33. The van der Waals surface area contributed by atoms with Crippen LogP contribution in [0.5, 0.6) is 0 Å². The summed E-state index contributed by atoms with van der Waals surface area (Å²) < 4.78 is 5.26. The molecule has 1 amide bonds. The van der Waals surface area contributed by atoms with Gasteiger partial charge in [-0.2, -0.15) is 0 Å². The van der Waals surface area contributed by atoms with Crippen molar-refractivity contribution in [2.75, 3.05) is 53.0 Å². The Morgan fingerprint density at radius 1 is 1.39 bits per heavy atom. The molecule has 6 nitrogen and oxygen atoms in total. The highest BCUT2D eigenvalue weighted by atomic mass is 16.5. The van der Waals surface area contributed by atoms with E-state index in [0.717, 1.165) is 39.1 Å². The van der Waals surface area contributed by atoms with E-state index in [1.807, 2.05) is 4.90 Å². The average Bonchev–Trinajstić information content (AvgIpc) is 2.88. The standard InChI is InChI=1S/C12H23N3O3/c1-18-10-8-11(13-9-10)12(17)15-4-2-14(3-5-15)6-7-16/h10-11,13,16H,2-9H2,1H3. The van der Waals surface area contributed by atoms with Crippen LogP contribution in [-0.4, -0.2) is 85.9 Å². The fourth-order valence-electron chi connectivity index (χ4n) is 2.62. The molecule has 0 aromatic heterocycles. The first-order valence-corrected chi connectivity index (χ1v) is 6.62. The predicted molar refractivity (Wildman–Crippen MR) is 67.3 cm³/mol. The molecular formula is C12H23N3O3. The third-order valence-electron chi connectivity index (χ3n) is 3.82. The number of nitrogens with one attached hydrogen (secondary N) is 1. The number of amides is 1. The van der Waals surface area contributed by atoms with Crippen LogP contribution in [0.1, 0.15) is 6.42 Å². The molecule has 0 aromatic carbocycles. The Hall–Kier alpha value is -0.690. The molecule has 2 unspecified atom stereocenters. The molecule has 0 aliphatic carbocycles. The summed E-state index contributed by atoms with van der Waals surface area (Å²) in [6.07, 6.45) is 0.932. The Kier molecular flexibility index (Phi) is 4.94. The average molecular weight is 257 g/mol. The molecule has 2 saturated heterocycles. The van der Waals surface area contributed by atoms with Gasteiger partial charge in [0.15, 0.2) is 0 Å². The van der Waals surface area contributed by atoms with Gasteiger partial charge < -0.3 is 20.1 Å². The van der Waals surface area contributed by atoms with E-state index in [1.165, 1.54) is 0 Å². The van der Waals surface area contributed by atoms with Crippen LogP contribution in [0.15, 0.2) is 0 Å². The minimum atomic E-state index is -0.0839. The summed E-state index contributed by atoms with van der Waals surface area (Å²) in [6.45, 7) is 4.88. The molecule has 0 aromatic rings. The highest BCUT2D eigenvalue weighted by Crippen LogP contribution is 2.13.